The average Bonchev–Trinajstić information content (AvgIpc) is 4.08. The molecule has 5 N–H and O–H groups in total. The van der Waals surface area contributed by atoms with E-state index in [-0.39, 0.29) is 30.4 Å². The van der Waals surface area contributed by atoms with Crippen molar-refractivity contribution < 1.29 is 41.8 Å². The van der Waals surface area contributed by atoms with Gasteiger partial charge < -0.3 is 36.1 Å². The van der Waals surface area contributed by atoms with Crippen LogP contribution < -0.4 is 31.3 Å². The number of ether oxygens (including phenoxy) is 2. The number of anilines is 4. The fourth-order valence-corrected chi connectivity index (χ4v) is 6.70. The molecule has 3 amide bonds. The van der Waals surface area contributed by atoms with E-state index in [4.69, 9.17) is 21.1 Å². The Morgan fingerprint density at radius 2 is 1.30 bits per heavy atom. The second kappa shape index (κ2) is 19.7. The van der Waals surface area contributed by atoms with Crippen molar-refractivity contribution in [3.05, 3.63) is 144 Å². The van der Waals surface area contributed by atoms with E-state index in [0.717, 1.165) is 34.9 Å². The first kappa shape index (κ1) is 44.5. The molecule has 64 heavy (non-hydrogen) atoms. The highest BCUT2D eigenvalue weighted by molar-refractivity contribution is 6.39. The van der Waals surface area contributed by atoms with Crippen LogP contribution in [-0.4, -0.2) is 71.1 Å². The van der Waals surface area contributed by atoms with Crippen LogP contribution in [0.4, 0.5) is 36.4 Å². The number of nitrogens with one attached hydrogen (secondary N) is 5. The van der Waals surface area contributed by atoms with Crippen LogP contribution >= 0.6 is 11.6 Å². The Bertz CT molecular complexity index is 2600. The molecule has 1 aliphatic carbocycles. The second-order valence-corrected chi connectivity index (χ2v) is 15.1. The summed E-state index contributed by atoms with van der Waals surface area (Å²) in [5.41, 5.74) is 5.30. The molecule has 1 fully saturated rings. The number of halogens is 4. The predicted octanol–water partition coefficient (Wildman–Crippen LogP) is 8.06. The number of methoxy groups -OCH3 is 1. The minimum Gasteiger partial charge on any atom is -0.467 e. The van der Waals surface area contributed by atoms with E-state index in [9.17, 15) is 32.3 Å². The average molecular weight is 893 g/mol. The highest BCUT2D eigenvalue weighted by Crippen LogP contribution is 2.48. The number of carbonyl (C=O) groups excluding carboxylic acids is 4. The Hall–Kier alpha value is -7.53. The van der Waals surface area contributed by atoms with Gasteiger partial charge in [-0.25, -0.2) is 4.79 Å². The number of amides is 3. The first-order valence-corrected chi connectivity index (χ1v) is 20.2. The van der Waals surface area contributed by atoms with Crippen LogP contribution in [0.2, 0.25) is 5.02 Å². The number of rotatable bonds is 16. The molecule has 1 saturated carbocycles. The van der Waals surface area contributed by atoms with Crippen molar-refractivity contribution >= 4 is 58.6 Å². The highest BCUT2D eigenvalue weighted by atomic mass is 35.5. The van der Waals surface area contributed by atoms with Gasteiger partial charge in [-0.1, -0.05) is 90.5 Å². The van der Waals surface area contributed by atoms with Crippen LogP contribution in [0.5, 0.6) is 6.01 Å². The summed E-state index contributed by atoms with van der Waals surface area (Å²) in [6.07, 6.45) is -3.34. The summed E-state index contributed by atoms with van der Waals surface area (Å²) in [5, 5.41) is 14.2. The van der Waals surface area contributed by atoms with E-state index in [0.29, 0.717) is 29.2 Å². The first-order chi connectivity index (χ1) is 30.8. The number of benzene rings is 5. The molecule has 7 rings (SSSR count). The topological polar surface area (TPSA) is 186 Å². The molecule has 328 valence electrons. The Kier molecular flexibility index (Phi) is 13.7. The molecule has 5 aromatic carbocycles. The number of aromatic nitrogens is 3. The summed E-state index contributed by atoms with van der Waals surface area (Å²) in [6.45, 7) is -1.79. The molecule has 0 spiro atoms. The van der Waals surface area contributed by atoms with E-state index in [1.54, 1.807) is 24.3 Å². The largest absolute Gasteiger partial charge is 0.467 e. The van der Waals surface area contributed by atoms with Crippen molar-refractivity contribution in [2.45, 2.75) is 37.0 Å². The Balaban J connectivity index is 0.915. The molecule has 1 aliphatic rings. The molecule has 0 saturated heterocycles. The van der Waals surface area contributed by atoms with E-state index in [1.807, 2.05) is 78.9 Å². The minimum absolute atomic E-state index is 0.0316. The van der Waals surface area contributed by atoms with Gasteiger partial charge in [-0.2, -0.15) is 28.1 Å². The van der Waals surface area contributed by atoms with Crippen molar-refractivity contribution in [3.63, 3.8) is 0 Å². The number of nitrogens with zero attached hydrogens (tertiary/aromatic N) is 3. The smallest absolute Gasteiger partial charge is 0.422 e. The zero-order valence-electron chi connectivity index (χ0n) is 34.0. The van der Waals surface area contributed by atoms with Crippen LogP contribution in [-0.2, 0) is 24.7 Å². The molecule has 0 bridgehead atoms. The van der Waals surface area contributed by atoms with Gasteiger partial charge in [-0.05, 0) is 95.6 Å². The van der Waals surface area contributed by atoms with Crippen LogP contribution in [0.1, 0.15) is 35.2 Å². The lowest BCUT2D eigenvalue weighted by molar-refractivity contribution is -0.154. The third-order valence-corrected chi connectivity index (χ3v) is 10.3. The standard InChI is InChI=1S/C46H40ClF3N8O6/c1-63-41(62)37(23-26-51-39(60)40(61)52-35-19-11-31(12-20-35)30-9-7-29(8-10-30)28-5-3-2-4-6-28)54-38(59)32-13-21-36(22-14-32)53-42-55-43(57-44(56-42)64-27-46(48,49)50)58-45(24-25-45)33-15-17-34(47)18-16-33/h2-22,37H,23-27H2,1H3,(H,51,60)(H,52,61)(H,54,59)(H2,53,55,56,57,58)/t37-/m0/s1. The third-order valence-electron chi connectivity index (χ3n) is 10.1. The molecule has 18 heteroatoms. The lowest BCUT2D eigenvalue weighted by Gasteiger charge is -2.19. The van der Waals surface area contributed by atoms with E-state index in [2.05, 4.69) is 41.5 Å². The molecule has 0 radical (unpaired) electrons. The number of hydrogen-bond donors (Lipinski definition) is 5. The maximum absolute atomic E-state index is 13.2. The van der Waals surface area contributed by atoms with Gasteiger partial charge >= 0.3 is 30.0 Å². The van der Waals surface area contributed by atoms with Gasteiger partial charge in [-0.3, -0.25) is 14.4 Å². The molecule has 0 aliphatic heterocycles. The fraction of sp³-hybridized carbons (Fsp3) is 0.196. The molecular weight excluding hydrogens is 853 g/mol. The Morgan fingerprint density at radius 3 is 1.89 bits per heavy atom. The maximum atomic E-state index is 13.2. The van der Waals surface area contributed by atoms with Gasteiger partial charge in [0.15, 0.2) is 6.61 Å². The van der Waals surface area contributed by atoms with Crippen LogP contribution in [0, 0.1) is 0 Å². The molecule has 0 unspecified atom stereocenters. The lowest BCUT2D eigenvalue weighted by Crippen LogP contribution is -2.44. The summed E-state index contributed by atoms with van der Waals surface area (Å²) < 4.78 is 48.8. The Labute approximate surface area is 370 Å². The molecule has 1 heterocycles. The van der Waals surface area contributed by atoms with Crippen molar-refractivity contribution in [1.82, 2.24) is 25.6 Å². The quantitative estimate of drug-likeness (QED) is 0.0468. The third kappa shape index (κ3) is 11.9. The summed E-state index contributed by atoms with van der Waals surface area (Å²) in [4.78, 5) is 63.5. The molecule has 1 aromatic heterocycles. The number of esters is 1. The van der Waals surface area contributed by atoms with Crippen molar-refractivity contribution in [3.8, 4) is 28.3 Å². The molecular formula is C46H40ClF3N8O6. The van der Waals surface area contributed by atoms with E-state index >= 15 is 0 Å². The summed E-state index contributed by atoms with van der Waals surface area (Å²) in [7, 11) is 1.14. The molecule has 6 aromatic rings. The van der Waals surface area contributed by atoms with Crippen LogP contribution in [0.3, 0.4) is 0 Å². The van der Waals surface area contributed by atoms with Gasteiger partial charge in [0.25, 0.3) is 5.91 Å². The van der Waals surface area contributed by atoms with Gasteiger partial charge in [0.1, 0.15) is 6.04 Å². The van der Waals surface area contributed by atoms with Gasteiger partial charge in [0.05, 0.1) is 12.6 Å². The summed E-state index contributed by atoms with van der Waals surface area (Å²) in [5.74, 6) is -3.49. The normalized spacial score (nSPS) is 13.1. The van der Waals surface area contributed by atoms with Gasteiger partial charge in [0, 0.05) is 28.5 Å². The van der Waals surface area contributed by atoms with Crippen molar-refractivity contribution in [2.75, 3.05) is 36.2 Å². The van der Waals surface area contributed by atoms with Crippen LogP contribution in [0.25, 0.3) is 22.3 Å². The minimum atomic E-state index is -4.64. The first-order valence-electron chi connectivity index (χ1n) is 19.9. The fourth-order valence-electron chi connectivity index (χ4n) is 6.57. The summed E-state index contributed by atoms with van der Waals surface area (Å²) >= 11 is 6.05. The van der Waals surface area contributed by atoms with E-state index in [1.165, 1.54) is 24.3 Å². The van der Waals surface area contributed by atoms with Crippen molar-refractivity contribution in [2.24, 2.45) is 0 Å². The predicted molar refractivity (Wildman–Crippen MR) is 234 cm³/mol. The lowest BCUT2D eigenvalue weighted by atomic mass is 10.0. The van der Waals surface area contributed by atoms with Crippen LogP contribution in [0.15, 0.2) is 127 Å². The number of alkyl halides is 3. The monoisotopic (exact) mass is 892 g/mol. The molecule has 1 atom stereocenters. The maximum Gasteiger partial charge on any atom is 0.422 e. The SMILES string of the molecule is COC(=O)[C@H](CCNC(=O)C(=O)Nc1ccc(-c2ccc(-c3ccccc3)cc2)cc1)NC(=O)c1ccc(Nc2nc(NC3(c4ccc(Cl)cc4)CC3)nc(OCC(F)(F)F)n2)cc1. The van der Waals surface area contributed by atoms with Crippen molar-refractivity contribution in [1.29, 1.82) is 0 Å². The second-order valence-electron chi connectivity index (χ2n) is 14.7. The van der Waals surface area contributed by atoms with Gasteiger partial charge in [0.2, 0.25) is 11.9 Å². The zero-order chi connectivity index (χ0) is 45.3. The summed E-state index contributed by atoms with van der Waals surface area (Å²) in [6, 6.07) is 36.3. The molecule has 14 nitrogen and oxygen atoms in total. The van der Waals surface area contributed by atoms with Gasteiger partial charge in [-0.15, -0.1) is 0 Å². The Morgan fingerprint density at radius 1 is 0.719 bits per heavy atom. The van der Waals surface area contributed by atoms with E-state index < -0.39 is 54.1 Å². The number of carbonyl (C=O) groups is 4. The highest BCUT2D eigenvalue weighted by Gasteiger charge is 2.45. The zero-order valence-corrected chi connectivity index (χ0v) is 34.8. The number of hydrogen-bond acceptors (Lipinski definition) is 11.